The van der Waals surface area contributed by atoms with Crippen LogP contribution in [0, 0.1) is 46.3 Å². The Labute approximate surface area is 233 Å². The Morgan fingerprint density at radius 2 is 1.51 bits per heavy atom. The molecule has 4 fully saturated rings. The molecule has 0 bridgehead atoms. The topological polar surface area (TPSA) is 105 Å². The highest BCUT2D eigenvalue weighted by Gasteiger charge is 2.67. The van der Waals surface area contributed by atoms with E-state index in [1.54, 1.807) is 0 Å². The quantitative estimate of drug-likeness (QED) is 0.314. The van der Waals surface area contributed by atoms with Gasteiger partial charge in [-0.15, -0.1) is 0 Å². The van der Waals surface area contributed by atoms with Gasteiger partial charge in [0, 0.05) is 38.5 Å². The lowest BCUT2D eigenvalue weighted by atomic mass is 9.43. The van der Waals surface area contributed by atoms with Crippen molar-refractivity contribution in [2.24, 2.45) is 46.3 Å². The van der Waals surface area contributed by atoms with E-state index in [0.29, 0.717) is 6.42 Å². The first-order valence-electron chi connectivity index (χ1n) is 14.9. The number of esters is 4. The van der Waals surface area contributed by atoms with E-state index >= 15 is 0 Å². The summed E-state index contributed by atoms with van der Waals surface area (Å²) in [6, 6.07) is 0. The Bertz CT molecular complexity index is 962. The second kappa shape index (κ2) is 11.4. The van der Waals surface area contributed by atoms with Crippen molar-refractivity contribution in [1.82, 2.24) is 0 Å². The lowest BCUT2D eigenvalue weighted by Gasteiger charge is -2.64. The number of rotatable bonds is 7. The lowest BCUT2D eigenvalue weighted by Crippen LogP contribution is -2.63. The molecular formula is C31H48O8. The van der Waals surface area contributed by atoms with E-state index in [1.807, 2.05) is 0 Å². The van der Waals surface area contributed by atoms with Crippen LogP contribution in [0.5, 0.6) is 0 Å². The maximum absolute atomic E-state index is 12.5. The fourth-order valence-electron chi connectivity index (χ4n) is 9.77. The van der Waals surface area contributed by atoms with E-state index in [0.717, 1.165) is 51.4 Å². The summed E-state index contributed by atoms with van der Waals surface area (Å²) in [4.78, 5) is 48.5. The van der Waals surface area contributed by atoms with Crippen LogP contribution in [0.15, 0.2) is 0 Å². The minimum Gasteiger partial charge on any atom is -0.469 e. The minimum atomic E-state index is -0.279. The van der Waals surface area contributed by atoms with Gasteiger partial charge in [0.25, 0.3) is 0 Å². The zero-order valence-corrected chi connectivity index (χ0v) is 24.8. The number of carbonyl (C=O) groups is 4. The van der Waals surface area contributed by atoms with Crippen LogP contribution < -0.4 is 0 Å². The van der Waals surface area contributed by atoms with Gasteiger partial charge in [0.1, 0.15) is 18.3 Å². The minimum absolute atomic E-state index is 0.0215. The SMILES string of the molecule is COC(=O)CC[C@@H](C)[C@H]1CC[C@H]2[C@@H]3[C@H](OC(C)=O)C[C@H]4C[C@@H](OC(C)=O)CC[C@]4(C)[C@H]3C[C@@H](OC(C)=O)[C@]12C. The molecule has 4 aliphatic carbocycles. The van der Waals surface area contributed by atoms with Crippen molar-refractivity contribution in [3.8, 4) is 0 Å². The van der Waals surface area contributed by atoms with E-state index < -0.39 is 0 Å². The van der Waals surface area contributed by atoms with Crippen molar-refractivity contribution >= 4 is 23.9 Å². The number of methoxy groups -OCH3 is 1. The monoisotopic (exact) mass is 548 g/mol. The summed E-state index contributed by atoms with van der Waals surface area (Å²) in [5.74, 6) is 0.438. The molecule has 0 spiro atoms. The zero-order chi connectivity index (χ0) is 28.7. The number of hydrogen-bond donors (Lipinski definition) is 0. The zero-order valence-electron chi connectivity index (χ0n) is 24.8. The van der Waals surface area contributed by atoms with Crippen LogP contribution in [-0.4, -0.2) is 49.3 Å². The van der Waals surface area contributed by atoms with Crippen LogP contribution >= 0.6 is 0 Å². The van der Waals surface area contributed by atoms with Crippen molar-refractivity contribution < 1.29 is 38.1 Å². The summed E-state index contributed by atoms with van der Waals surface area (Å²) < 4.78 is 22.8. The number of hydrogen-bond acceptors (Lipinski definition) is 8. The summed E-state index contributed by atoms with van der Waals surface area (Å²) >= 11 is 0. The number of carbonyl (C=O) groups excluding carboxylic acids is 4. The highest BCUT2D eigenvalue weighted by atomic mass is 16.6. The summed E-state index contributed by atoms with van der Waals surface area (Å²) in [6.07, 6.45) is 6.53. The van der Waals surface area contributed by atoms with Crippen molar-refractivity contribution in [3.05, 3.63) is 0 Å². The van der Waals surface area contributed by atoms with Gasteiger partial charge in [-0.3, -0.25) is 19.2 Å². The molecule has 11 atom stereocenters. The molecule has 8 heteroatoms. The molecule has 4 rings (SSSR count). The molecule has 4 aliphatic rings. The summed E-state index contributed by atoms with van der Waals surface area (Å²) in [7, 11) is 1.42. The van der Waals surface area contributed by atoms with E-state index in [4.69, 9.17) is 18.9 Å². The molecule has 0 heterocycles. The Morgan fingerprint density at radius 1 is 0.846 bits per heavy atom. The highest BCUT2D eigenvalue weighted by Crippen LogP contribution is 2.69. The van der Waals surface area contributed by atoms with Gasteiger partial charge in [0.2, 0.25) is 0 Å². The second-order valence-electron chi connectivity index (χ2n) is 13.4. The molecule has 4 saturated carbocycles. The van der Waals surface area contributed by atoms with Crippen LogP contribution in [0.25, 0.3) is 0 Å². The van der Waals surface area contributed by atoms with E-state index in [9.17, 15) is 19.2 Å². The van der Waals surface area contributed by atoms with Gasteiger partial charge in [0.15, 0.2) is 0 Å². The van der Waals surface area contributed by atoms with Crippen molar-refractivity contribution in [3.63, 3.8) is 0 Å². The maximum atomic E-state index is 12.5. The lowest BCUT2D eigenvalue weighted by molar-refractivity contribution is -0.224. The smallest absolute Gasteiger partial charge is 0.305 e. The van der Waals surface area contributed by atoms with Gasteiger partial charge < -0.3 is 18.9 Å². The molecule has 0 aromatic carbocycles. The standard InChI is InChI=1S/C31H48O8/c1-17(8-11-28(35)36-7)23-9-10-24-29-25(16-27(31(23,24)6)39-20(4)34)30(5)13-12-22(37-18(2)32)14-21(30)15-26(29)38-19(3)33/h17,21-27,29H,8-16H2,1-7H3/t17-,21-,22+,23-,24+,25+,26-,27-,29+,30+,31-/m1/s1. The van der Waals surface area contributed by atoms with E-state index in [2.05, 4.69) is 20.8 Å². The van der Waals surface area contributed by atoms with E-state index in [1.165, 1.54) is 27.9 Å². The van der Waals surface area contributed by atoms with Crippen LogP contribution in [0.4, 0.5) is 0 Å². The summed E-state index contributed by atoms with van der Waals surface area (Å²) in [5.41, 5.74) is -0.300. The Morgan fingerprint density at radius 3 is 2.13 bits per heavy atom. The largest absolute Gasteiger partial charge is 0.469 e. The highest BCUT2D eigenvalue weighted by molar-refractivity contribution is 5.69. The van der Waals surface area contributed by atoms with Gasteiger partial charge in [-0.25, -0.2) is 0 Å². The maximum Gasteiger partial charge on any atom is 0.305 e. The molecular weight excluding hydrogens is 500 g/mol. The average molecular weight is 549 g/mol. The molecule has 0 aromatic rings. The third kappa shape index (κ3) is 5.58. The van der Waals surface area contributed by atoms with Gasteiger partial charge in [-0.2, -0.15) is 0 Å². The van der Waals surface area contributed by atoms with Crippen molar-refractivity contribution in [2.75, 3.05) is 7.11 Å². The third-order valence-corrected chi connectivity index (χ3v) is 11.4. The molecule has 0 aromatic heterocycles. The fraction of sp³-hybridized carbons (Fsp3) is 0.871. The molecule has 8 nitrogen and oxygen atoms in total. The first-order valence-corrected chi connectivity index (χ1v) is 14.9. The van der Waals surface area contributed by atoms with Crippen LogP contribution in [0.2, 0.25) is 0 Å². The molecule has 39 heavy (non-hydrogen) atoms. The third-order valence-electron chi connectivity index (χ3n) is 11.4. The molecule has 0 unspecified atom stereocenters. The van der Waals surface area contributed by atoms with Gasteiger partial charge in [0.05, 0.1) is 7.11 Å². The van der Waals surface area contributed by atoms with Crippen LogP contribution in [0.3, 0.4) is 0 Å². The first kappa shape index (κ1) is 29.9. The Balaban J connectivity index is 1.70. The predicted molar refractivity (Wildman–Crippen MR) is 143 cm³/mol. The predicted octanol–water partition coefficient (Wildman–Crippen LogP) is 5.25. The van der Waals surface area contributed by atoms with Gasteiger partial charge in [-0.1, -0.05) is 20.8 Å². The van der Waals surface area contributed by atoms with Crippen molar-refractivity contribution in [2.45, 2.75) is 118 Å². The van der Waals surface area contributed by atoms with Crippen LogP contribution in [-0.2, 0) is 38.1 Å². The Kier molecular flexibility index (Phi) is 8.73. The fourth-order valence-corrected chi connectivity index (χ4v) is 9.77. The first-order chi connectivity index (χ1) is 18.3. The van der Waals surface area contributed by atoms with Crippen molar-refractivity contribution in [1.29, 1.82) is 0 Å². The molecule has 220 valence electrons. The average Bonchev–Trinajstić information content (AvgIpc) is 3.20. The van der Waals surface area contributed by atoms with Gasteiger partial charge >= 0.3 is 23.9 Å². The van der Waals surface area contributed by atoms with E-state index in [-0.39, 0.29) is 88.5 Å². The normalized spacial score (nSPS) is 41.7. The second-order valence-corrected chi connectivity index (χ2v) is 13.4. The Hall–Kier alpha value is -2.12. The molecule has 0 radical (unpaired) electrons. The summed E-state index contributed by atoms with van der Waals surface area (Å²) in [6.45, 7) is 11.3. The molecule has 0 N–H and O–H groups in total. The summed E-state index contributed by atoms with van der Waals surface area (Å²) in [5, 5.41) is 0. The number of fused-ring (bicyclic) bond motifs is 5. The van der Waals surface area contributed by atoms with Gasteiger partial charge in [-0.05, 0) is 86.4 Å². The molecule has 0 aliphatic heterocycles. The molecule has 0 amide bonds. The van der Waals surface area contributed by atoms with Crippen LogP contribution in [0.1, 0.15) is 99.3 Å². The number of ether oxygens (including phenoxy) is 4. The molecule has 0 saturated heterocycles.